The minimum Gasteiger partial charge on any atom is -0.497 e. The molecule has 0 radical (unpaired) electrons. The van der Waals surface area contributed by atoms with Gasteiger partial charge in [0.25, 0.3) is 0 Å². The normalized spacial score (nSPS) is 27.2. The van der Waals surface area contributed by atoms with Crippen LogP contribution in [0.15, 0.2) is 28.8 Å². The van der Waals surface area contributed by atoms with Crippen molar-refractivity contribution in [2.45, 2.75) is 31.6 Å². The highest BCUT2D eigenvalue weighted by molar-refractivity contribution is 5.76. The number of methoxy groups -OCH3 is 1. The van der Waals surface area contributed by atoms with Crippen molar-refractivity contribution in [1.29, 1.82) is 0 Å². The van der Waals surface area contributed by atoms with Gasteiger partial charge in [0, 0.05) is 5.92 Å². The van der Waals surface area contributed by atoms with Gasteiger partial charge in [0.1, 0.15) is 11.5 Å². The van der Waals surface area contributed by atoms with Crippen LogP contribution in [-0.2, 0) is 0 Å². The zero-order chi connectivity index (χ0) is 14.4. The van der Waals surface area contributed by atoms with E-state index >= 15 is 0 Å². The van der Waals surface area contributed by atoms with E-state index in [9.17, 15) is 0 Å². The van der Waals surface area contributed by atoms with Crippen molar-refractivity contribution in [3.05, 3.63) is 30.0 Å². The van der Waals surface area contributed by atoms with Crippen LogP contribution >= 0.6 is 0 Å². The van der Waals surface area contributed by atoms with Gasteiger partial charge in [0.15, 0.2) is 5.82 Å². The van der Waals surface area contributed by atoms with Crippen LogP contribution in [0.1, 0.15) is 37.4 Å². The third-order valence-electron chi connectivity index (χ3n) is 5.08. The van der Waals surface area contributed by atoms with Gasteiger partial charge in [-0.05, 0) is 42.4 Å². The zero-order valence-electron chi connectivity index (χ0n) is 12.2. The van der Waals surface area contributed by atoms with Crippen molar-refractivity contribution >= 4 is 5.82 Å². The van der Waals surface area contributed by atoms with E-state index in [0.717, 1.165) is 34.5 Å². The number of anilines is 1. The summed E-state index contributed by atoms with van der Waals surface area (Å²) in [6, 6.07) is 7.95. The molecule has 2 aromatic rings. The van der Waals surface area contributed by atoms with Gasteiger partial charge in [-0.15, -0.1) is 0 Å². The molecule has 1 aromatic carbocycles. The Morgan fingerprint density at radius 3 is 2.43 bits per heavy atom. The molecule has 2 N–H and O–H groups in total. The van der Waals surface area contributed by atoms with Crippen molar-refractivity contribution in [1.82, 2.24) is 5.16 Å². The highest BCUT2D eigenvalue weighted by atomic mass is 16.5. The second-order valence-electron chi connectivity index (χ2n) is 6.17. The lowest BCUT2D eigenvalue weighted by Crippen LogP contribution is -1.91. The quantitative estimate of drug-likeness (QED) is 0.930. The molecule has 2 aliphatic rings. The Hall–Kier alpha value is -1.97. The summed E-state index contributed by atoms with van der Waals surface area (Å²) >= 11 is 0. The van der Waals surface area contributed by atoms with Crippen molar-refractivity contribution in [3.8, 4) is 16.9 Å². The minimum atomic E-state index is 0.499. The van der Waals surface area contributed by atoms with E-state index in [4.69, 9.17) is 15.0 Å². The van der Waals surface area contributed by atoms with Crippen LogP contribution < -0.4 is 10.5 Å². The molecule has 1 heterocycles. The minimum absolute atomic E-state index is 0.499. The molecular formula is C17H20N2O2. The molecule has 1 aromatic heterocycles. The van der Waals surface area contributed by atoms with Crippen molar-refractivity contribution in [2.24, 2.45) is 11.8 Å². The second-order valence-corrected chi connectivity index (χ2v) is 6.17. The van der Waals surface area contributed by atoms with Gasteiger partial charge in [0.05, 0.1) is 12.7 Å². The highest BCUT2D eigenvalue weighted by Gasteiger charge is 2.54. The van der Waals surface area contributed by atoms with Crippen molar-refractivity contribution in [2.75, 3.05) is 12.8 Å². The van der Waals surface area contributed by atoms with E-state index in [0.29, 0.717) is 11.7 Å². The van der Waals surface area contributed by atoms with Crippen molar-refractivity contribution in [3.63, 3.8) is 0 Å². The molecule has 0 spiro atoms. The maximum Gasteiger partial charge on any atom is 0.175 e. The average Bonchev–Trinajstić information content (AvgIpc) is 3.14. The van der Waals surface area contributed by atoms with Crippen LogP contribution in [0.5, 0.6) is 5.75 Å². The van der Waals surface area contributed by atoms with Gasteiger partial charge < -0.3 is 15.0 Å². The lowest BCUT2D eigenvalue weighted by atomic mass is 10.0. The summed E-state index contributed by atoms with van der Waals surface area (Å²) in [6.07, 6.45) is 5.33. The number of hydrogen-bond acceptors (Lipinski definition) is 4. The fourth-order valence-electron chi connectivity index (χ4n) is 3.97. The first-order valence-electron chi connectivity index (χ1n) is 7.69. The van der Waals surface area contributed by atoms with E-state index in [1.807, 2.05) is 24.3 Å². The highest BCUT2D eigenvalue weighted by Crippen LogP contribution is 2.63. The SMILES string of the molecule is COc1ccc(-c2c(N)noc2C2C3CCCCC32)cc1. The number of ether oxygens (including phenoxy) is 1. The predicted molar refractivity (Wildman–Crippen MR) is 81.1 cm³/mol. The molecule has 4 heteroatoms. The first-order valence-corrected chi connectivity index (χ1v) is 7.69. The lowest BCUT2D eigenvalue weighted by molar-refractivity contribution is 0.381. The van der Waals surface area contributed by atoms with E-state index in [2.05, 4.69) is 5.16 Å². The Bertz CT molecular complexity index is 635. The first kappa shape index (κ1) is 12.7. The Morgan fingerprint density at radius 2 is 1.81 bits per heavy atom. The molecule has 4 nitrogen and oxygen atoms in total. The van der Waals surface area contributed by atoms with E-state index in [1.54, 1.807) is 7.11 Å². The number of nitrogens with zero attached hydrogens (tertiary/aromatic N) is 1. The predicted octanol–water partition coefficient (Wildman–Crippen LogP) is 3.84. The summed E-state index contributed by atoms with van der Waals surface area (Å²) in [4.78, 5) is 0. The number of fused-ring (bicyclic) bond motifs is 1. The molecule has 2 saturated carbocycles. The lowest BCUT2D eigenvalue weighted by Gasteiger charge is -2.04. The van der Waals surface area contributed by atoms with Gasteiger partial charge in [-0.3, -0.25) is 0 Å². The van der Waals surface area contributed by atoms with Crippen LogP contribution in [0.3, 0.4) is 0 Å². The molecule has 2 aliphatic carbocycles. The van der Waals surface area contributed by atoms with Gasteiger partial charge in [0.2, 0.25) is 0 Å². The van der Waals surface area contributed by atoms with Gasteiger partial charge in [-0.1, -0.05) is 30.1 Å². The Kier molecular flexibility index (Phi) is 2.91. The maximum absolute atomic E-state index is 6.06. The smallest absolute Gasteiger partial charge is 0.175 e. The van der Waals surface area contributed by atoms with Gasteiger partial charge in [-0.25, -0.2) is 0 Å². The van der Waals surface area contributed by atoms with E-state index in [1.165, 1.54) is 25.7 Å². The van der Waals surface area contributed by atoms with E-state index < -0.39 is 0 Å². The summed E-state index contributed by atoms with van der Waals surface area (Å²) in [5.74, 6) is 4.42. The first-order chi connectivity index (χ1) is 10.3. The standard InChI is InChI=1S/C17H20N2O2/c1-20-11-8-6-10(7-9-11)14-16(21-19-17(14)18)15-12-4-2-3-5-13(12)15/h6-9,12-13,15H,2-5H2,1H3,(H2,18,19). The third kappa shape index (κ3) is 2.01. The monoisotopic (exact) mass is 284 g/mol. The van der Waals surface area contributed by atoms with Crippen LogP contribution in [0.25, 0.3) is 11.1 Å². The molecule has 110 valence electrons. The molecule has 0 amide bonds. The molecule has 0 aliphatic heterocycles. The third-order valence-corrected chi connectivity index (χ3v) is 5.08. The van der Waals surface area contributed by atoms with E-state index in [-0.39, 0.29) is 0 Å². The molecule has 2 fully saturated rings. The van der Waals surface area contributed by atoms with Gasteiger partial charge in [-0.2, -0.15) is 0 Å². The second kappa shape index (κ2) is 4.79. The average molecular weight is 284 g/mol. The molecule has 21 heavy (non-hydrogen) atoms. The summed E-state index contributed by atoms with van der Waals surface area (Å²) in [6.45, 7) is 0. The van der Waals surface area contributed by atoms with Crippen LogP contribution in [0, 0.1) is 11.8 Å². The summed E-state index contributed by atoms with van der Waals surface area (Å²) < 4.78 is 10.8. The van der Waals surface area contributed by atoms with Crippen LogP contribution in [-0.4, -0.2) is 12.3 Å². The van der Waals surface area contributed by atoms with Crippen LogP contribution in [0.2, 0.25) is 0 Å². The summed E-state index contributed by atoms with van der Waals surface area (Å²) in [7, 11) is 1.67. The Labute approximate surface area is 124 Å². The number of nitrogen functional groups attached to an aromatic ring is 1. The fraction of sp³-hybridized carbons (Fsp3) is 0.471. The Balaban J connectivity index is 1.70. The Morgan fingerprint density at radius 1 is 1.14 bits per heavy atom. The summed E-state index contributed by atoms with van der Waals surface area (Å²) in [5.41, 5.74) is 8.11. The largest absolute Gasteiger partial charge is 0.497 e. The number of nitrogens with two attached hydrogens (primary N) is 1. The molecule has 2 unspecified atom stereocenters. The summed E-state index contributed by atoms with van der Waals surface area (Å²) in [5, 5.41) is 4.03. The number of hydrogen-bond donors (Lipinski definition) is 1. The van der Waals surface area contributed by atoms with Crippen molar-refractivity contribution < 1.29 is 9.26 Å². The zero-order valence-corrected chi connectivity index (χ0v) is 12.2. The van der Waals surface area contributed by atoms with Crippen LogP contribution in [0.4, 0.5) is 5.82 Å². The number of benzene rings is 1. The molecule has 0 bridgehead atoms. The molecular weight excluding hydrogens is 264 g/mol. The van der Waals surface area contributed by atoms with Gasteiger partial charge >= 0.3 is 0 Å². The maximum atomic E-state index is 6.06. The molecule has 4 rings (SSSR count). The molecule has 2 atom stereocenters. The molecule has 0 saturated heterocycles. The fourth-order valence-corrected chi connectivity index (χ4v) is 3.97. The topological polar surface area (TPSA) is 61.3 Å². The number of aromatic nitrogens is 1. The number of rotatable bonds is 3.